The van der Waals surface area contributed by atoms with Crippen molar-refractivity contribution in [2.45, 2.75) is 24.9 Å². The maximum absolute atomic E-state index is 14.0. The molecule has 0 bridgehead atoms. The van der Waals surface area contributed by atoms with Crippen LogP contribution in [0.3, 0.4) is 0 Å². The Balaban J connectivity index is 2.32. The normalized spacial score (nSPS) is 19.5. The molecule has 2 unspecified atom stereocenters. The van der Waals surface area contributed by atoms with Crippen molar-refractivity contribution < 1.29 is 65.0 Å². The number of H-pyrrole nitrogens is 1. The van der Waals surface area contributed by atoms with Crippen LogP contribution < -0.4 is 11.3 Å². The number of nitrogens with one attached hydrogen (secondary N) is 1. The topological polar surface area (TPSA) is 279 Å². The third-order valence-corrected chi connectivity index (χ3v) is 7.92. The van der Waals surface area contributed by atoms with Crippen molar-refractivity contribution in [2.75, 3.05) is 25.7 Å². The molecule has 0 aromatic carbocycles. The van der Waals surface area contributed by atoms with Gasteiger partial charge in [-0.05, 0) is 6.92 Å². The summed E-state index contributed by atoms with van der Waals surface area (Å²) in [6, 6.07) is 0. The fraction of sp³-hybridized carbons (Fsp3) is 0.583. The Hall–Kier alpha value is -1.66. The van der Waals surface area contributed by atoms with Crippen LogP contribution in [-0.4, -0.2) is 75.9 Å². The number of alkyl halides is 2. The average molecular weight is 573 g/mol. The van der Waals surface area contributed by atoms with Gasteiger partial charge in [0.2, 0.25) is 5.95 Å². The second kappa shape index (κ2) is 10.8. The molecule has 2 aromatic rings. The van der Waals surface area contributed by atoms with Gasteiger partial charge in [0.25, 0.3) is 5.56 Å². The summed E-state index contributed by atoms with van der Waals surface area (Å²) in [6.07, 6.45) is -2.90. The third-order valence-electron chi connectivity index (χ3n) is 4.14. The SMILES string of the molecule is C[C@H](O)[C@@](CF)(COP(=O)(O)OP(=O)(O)OP(=O)(O)O)O[C@H](CF)n1cnc2c(=O)[nH]c(N)nc21. The molecular weight excluding hydrogens is 553 g/mol. The second-order valence-electron chi connectivity index (χ2n) is 6.74. The maximum atomic E-state index is 14.0. The van der Waals surface area contributed by atoms with E-state index in [2.05, 4.69) is 28.1 Å². The molecule has 0 radical (unpaired) electrons. The Kier molecular flexibility index (Phi) is 9.09. The van der Waals surface area contributed by atoms with Crippen molar-refractivity contribution in [3.8, 4) is 0 Å². The lowest BCUT2D eigenvalue weighted by Crippen LogP contribution is -2.51. The molecule has 23 heteroatoms. The van der Waals surface area contributed by atoms with Gasteiger partial charge in [-0.15, -0.1) is 0 Å². The lowest BCUT2D eigenvalue weighted by atomic mass is 10.0. The highest BCUT2D eigenvalue weighted by atomic mass is 31.3. The zero-order chi connectivity index (χ0) is 26.8. The summed E-state index contributed by atoms with van der Waals surface area (Å²) in [7, 11) is -17.3. The first-order valence-electron chi connectivity index (χ1n) is 8.93. The first kappa shape index (κ1) is 29.6. The molecule has 18 nitrogen and oxygen atoms in total. The van der Waals surface area contributed by atoms with E-state index in [-0.39, 0.29) is 17.1 Å². The fourth-order valence-electron chi connectivity index (χ4n) is 2.52. The number of imidazole rings is 1. The van der Waals surface area contributed by atoms with Crippen molar-refractivity contribution in [3.05, 3.63) is 16.7 Å². The molecular formula is C12H20F2N5O13P3. The van der Waals surface area contributed by atoms with E-state index in [1.165, 1.54) is 0 Å². The number of anilines is 1. The minimum absolute atomic E-state index is 0.305. The van der Waals surface area contributed by atoms with E-state index < -0.39 is 66.9 Å². The Bertz CT molecular complexity index is 1250. The average Bonchev–Trinajstić information content (AvgIpc) is 3.09. The predicted molar refractivity (Wildman–Crippen MR) is 109 cm³/mol. The number of phosphoric ester groups is 1. The number of phosphoric acid groups is 3. The monoisotopic (exact) mass is 573 g/mol. The van der Waals surface area contributed by atoms with E-state index in [1.807, 2.05) is 0 Å². The fourth-order valence-corrected chi connectivity index (χ4v) is 5.59. The number of hydrogen-bond acceptors (Lipinski definition) is 12. The van der Waals surface area contributed by atoms with E-state index in [0.717, 1.165) is 17.8 Å². The molecule has 0 amide bonds. The third kappa shape index (κ3) is 7.66. The number of rotatable bonds is 13. The molecule has 2 heterocycles. The van der Waals surface area contributed by atoms with E-state index in [4.69, 9.17) is 20.3 Å². The van der Waals surface area contributed by atoms with Crippen molar-refractivity contribution >= 4 is 40.6 Å². The molecule has 0 fully saturated rings. The van der Waals surface area contributed by atoms with Crippen LogP contribution in [0.5, 0.6) is 0 Å². The Morgan fingerprint density at radius 3 is 2.34 bits per heavy atom. The smallest absolute Gasteiger partial charge is 0.390 e. The number of aromatic nitrogens is 4. The lowest BCUT2D eigenvalue weighted by Gasteiger charge is -2.36. The summed E-state index contributed by atoms with van der Waals surface area (Å²) in [6.45, 7) is -3.68. The quantitative estimate of drug-likeness (QED) is 0.150. The zero-order valence-corrected chi connectivity index (χ0v) is 20.1. The van der Waals surface area contributed by atoms with Crippen LogP contribution in [0.1, 0.15) is 13.2 Å². The Morgan fingerprint density at radius 2 is 1.83 bits per heavy atom. The van der Waals surface area contributed by atoms with Crippen LogP contribution in [0.4, 0.5) is 14.7 Å². The molecule has 0 spiro atoms. The molecule has 2 aromatic heterocycles. The van der Waals surface area contributed by atoms with Gasteiger partial charge in [0.1, 0.15) is 19.0 Å². The van der Waals surface area contributed by atoms with Crippen LogP contribution in [0.2, 0.25) is 0 Å². The number of nitrogens with two attached hydrogens (primary N) is 1. The van der Waals surface area contributed by atoms with Crippen LogP contribution in [0.15, 0.2) is 11.1 Å². The molecule has 0 aliphatic heterocycles. The largest absolute Gasteiger partial charge is 0.490 e. The summed E-state index contributed by atoms with van der Waals surface area (Å²) in [5, 5.41) is 10.1. The predicted octanol–water partition coefficient (Wildman–Crippen LogP) is -0.381. The first-order valence-corrected chi connectivity index (χ1v) is 13.4. The second-order valence-corrected chi connectivity index (χ2v) is 11.2. The van der Waals surface area contributed by atoms with Gasteiger partial charge in [-0.25, -0.2) is 27.5 Å². The molecule has 0 saturated carbocycles. The highest BCUT2D eigenvalue weighted by Crippen LogP contribution is 2.66. The first-order chi connectivity index (χ1) is 15.9. The van der Waals surface area contributed by atoms with Gasteiger partial charge in [0.05, 0.1) is 19.0 Å². The van der Waals surface area contributed by atoms with E-state index >= 15 is 0 Å². The number of hydrogen-bond donors (Lipinski definition) is 7. The summed E-state index contributed by atoms with van der Waals surface area (Å²) in [5.74, 6) is -0.387. The van der Waals surface area contributed by atoms with E-state index in [0.29, 0.717) is 0 Å². The number of aliphatic hydroxyl groups is 1. The minimum atomic E-state index is -5.88. The number of fused-ring (bicyclic) bond motifs is 1. The number of nitrogens with zero attached hydrogens (tertiary/aromatic N) is 3. The molecule has 8 N–H and O–H groups in total. The zero-order valence-electron chi connectivity index (χ0n) is 17.4. The molecule has 0 saturated heterocycles. The van der Waals surface area contributed by atoms with Gasteiger partial charge in [0, 0.05) is 0 Å². The number of ether oxygens (including phenoxy) is 1. The highest BCUT2D eigenvalue weighted by Gasteiger charge is 2.46. The van der Waals surface area contributed by atoms with Gasteiger partial charge in [-0.1, -0.05) is 0 Å². The number of halogens is 2. The van der Waals surface area contributed by atoms with Gasteiger partial charge >= 0.3 is 23.5 Å². The standard InChI is InChI=1S/C12H20F2N5O13P3/c1-6(20)12(3-14,4-29-34(25,26)32-35(27,28)31-33(22,23)24)30-7(2-13)19-5-16-8-9(19)17-11(15)18-10(8)21/h5-7,20H,2-4H2,1H3,(H,25,26)(H,27,28)(H2,22,23,24)(H3,15,17,18,21)/t6-,7+,12+/m0/s1. The van der Waals surface area contributed by atoms with Gasteiger partial charge < -0.3 is 35.2 Å². The number of nitrogen functional groups attached to an aromatic ring is 1. The van der Waals surface area contributed by atoms with Gasteiger partial charge in [-0.2, -0.15) is 13.6 Å². The van der Waals surface area contributed by atoms with Crippen LogP contribution in [0.25, 0.3) is 11.2 Å². The van der Waals surface area contributed by atoms with Crippen molar-refractivity contribution in [3.63, 3.8) is 0 Å². The molecule has 0 aliphatic carbocycles. The van der Waals surface area contributed by atoms with Crippen LogP contribution in [0, 0.1) is 0 Å². The van der Waals surface area contributed by atoms with Crippen molar-refractivity contribution in [1.82, 2.24) is 19.5 Å². The highest BCUT2D eigenvalue weighted by molar-refractivity contribution is 7.66. The van der Waals surface area contributed by atoms with Gasteiger partial charge in [0.15, 0.2) is 17.4 Å². The summed E-state index contributed by atoms with van der Waals surface area (Å²) in [5.41, 5.74) is 1.38. The van der Waals surface area contributed by atoms with E-state index in [9.17, 15) is 42.2 Å². The Labute approximate surface area is 193 Å². The molecule has 5 atom stereocenters. The molecule has 0 aliphatic rings. The Morgan fingerprint density at radius 1 is 1.20 bits per heavy atom. The van der Waals surface area contributed by atoms with Gasteiger partial charge in [-0.3, -0.25) is 18.9 Å². The van der Waals surface area contributed by atoms with Crippen molar-refractivity contribution in [2.24, 2.45) is 0 Å². The summed E-state index contributed by atoms with van der Waals surface area (Å²) in [4.78, 5) is 57.4. The van der Waals surface area contributed by atoms with Crippen molar-refractivity contribution in [1.29, 1.82) is 0 Å². The summed E-state index contributed by atoms with van der Waals surface area (Å²) >= 11 is 0. The molecule has 200 valence electrons. The molecule has 35 heavy (non-hydrogen) atoms. The maximum Gasteiger partial charge on any atom is 0.490 e. The lowest BCUT2D eigenvalue weighted by molar-refractivity contribution is -0.200. The number of aliphatic hydroxyl groups excluding tert-OH is 1. The molecule has 2 rings (SSSR count). The minimum Gasteiger partial charge on any atom is -0.390 e. The summed E-state index contributed by atoms with van der Waals surface area (Å²) < 4.78 is 79.5. The number of aromatic amines is 1. The van der Waals surface area contributed by atoms with Crippen LogP contribution >= 0.6 is 23.5 Å². The van der Waals surface area contributed by atoms with E-state index in [1.54, 1.807) is 0 Å². The van der Waals surface area contributed by atoms with Crippen LogP contribution in [-0.2, 0) is 31.6 Å².